The molecule has 1 aromatic carbocycles. The smallest absolute Gasteiger partial charge is 0.246 e. The Morgan fingerprint density at radius 2 is 2.00 bits per heavy atom. The van der Waals surface area contributed by atoms with Crippen molar-refractivity contribution in [2.24, 2.45) is 0 Å². The lowest BCUT2D eigenvalue weighted by Crippen LogP contribution is -2.21. The van der Waals surface area contributed by atoms with Crippen molar-refractivity contribution in [2.75, 3.05) is 12.0 Å². The van der Waals surface area contributed by atoms with Crippen molar-refractivity contribution in [3.63, 3.8) is 0 Å². The summed E-state index contributed by atoms with van der Waals surface area (Å²) in [4.78, 5) is 8.07. The molecule has 0 aliphatic rings. The van der Waals surface area contributed by atoms with E-state index in [-0.39, 0.29) is 0 Å². The normalized spacial score (nSPS) is 10.8. The number of nitrogens with zero attached hydrogens (tertiary/aromatic N) is 3. The molecule has 0 aliphatic heterocycles. The molecule has 132 valence electrons. The van der Waals surface area contributed by atoms with Gasteiger partial charge in [-0.15, -0.1) is 11.3 Å². The number of aromatic nitrogens is 2. The van der Waals surface area contributed by atoms with Gasteiger partial charge in [-0.1, -0.05) is 24.6 Å². The van der Waals surface area contributed by atoms with Gasteiger partial charge < -0.3 is 14.2 Å². The van der Waals surface area contributed by atoms with Crippen LogP contribution in [0, 0.1) is 0 Å². The molecule has 2 heterocycles. The average molecular weight is 357 g/mol. The number of ether oxygens (including phenoxy) is 1. The Kier molecular flexibility index (Phi) is 6.06. The van der Waals surface area contributed by atoms with E-state index >= 15 is 0 Å². The number of thiophene rings is 1. The largest absolute Gasteiger partial charge is 0.497 e. The Balaban J connectivity index is 1.76. The summed E-state index contributed by atoms with van der Waals surface area (Å²) < 4.78 is 10.7. The van der Waals surface area contributed by atoms with Gasteiger partial charge in [0.1, 0.15) is 5.75 Å². The van der Waals surface area contributed by atoms with E-state index in [0.717, 1.165) is 43.1 Å². The number of hydrogen-bond acceptors (Lipinski definition) is 6. The number of anilines is 1. The minimum absolute atomic E-state index is 0.587. The second kappa shape index (κ2) is 8.67. The first-order valence-corrected chi connectivity index (χ1v) is 9.39. The number of unbranched alkanes of at least 4 members (excludes halogenated alkanes) is 1. The van der Waals surface area contributed by atoms with Crippen molar-refractivity contribution >= 4 is 17.0 Å². The third-order valence-electron chi connectivity index (χ3n) is 3.95. The van der Waals surface area contributed by atoms with E-state index in [9.17, 15) is 0 Å². The number of hydrogen-bond donors (Lipinski definition) is 0. The highest BCUT2D eigenvalue weighted by atomic mass is 32.1. The van der Waals surface area contributed by atoms with Gasteiger partial charge in [0.05, 0.1) is 20.2 Å². The average Bonchev–Trinajstić information content (AvgIpc) is 3.31. The van der Waals surface area contributed by atoms with Gasteiger partial charge in [-0.05, 0) is 42.1 Å². The molecule has 0 saturated heterocycles. The van der Waals surface area contributed by atoms with Crippen LogP contribution in [0.2, 0.25) is 0 Å². The summed E-state index contributed by atoms with van der Waals surface area (Å²) >= 11 is 1.75. The second-order valence-electron chi connectivity index (χ2n) is 5.84. The minimum atomic E-state index is 0.587. The Morgan fingerprint density at radius 3 is 2.68 bits per heavy atom. The predicted molar refractivity (Wildman–Crippen MR) is 100 cm³/mol. The van der Waals surface area contributed by atoms with E-state index in [1.807, 2.05) is 12.1 Å². The summed E-state index contributed by atoms with van der Waals surface area (Å²) in [6, 6.07) is 12.3. The van der Waals surface area contributed by atoms with Crippen LogP contribution in [0.3, 0.4) is 0 Å². The highest BCUT2D eigenvalue weighted by molar-refractivity contribution is 7.09. The molecule has 0 N–H and O–H groups in total. The number of methoxy groups -OCH3 is 1. The topological polar surface area (TPSA) is 51.4 Å². The molecule has 0 amide bonds. The zero-order valence-electron chi connectivity index (χ0n) is 14.6. The maximum atomic E-state index is 5.45. The first kappa shape index (κ1) is 17.5. The molecule has 25 heavy (non-hydrogen) atoms. The van der Waals surface area contributed by atoms with Crippen molar-refractivity contribution < 1.29 is 9.26 Å². The van der Waals surface area contributed by atoms with Gasteiger partial charge in [0.25, 0.3) is 0 Å². The SMILES string of the molecule is CCCCc1noc(CN(Cc2cccs2)c2ccc(OC)cc2)n1. The molecule has 6 heteroatoms. The van der Waals surface area contributed by atoms with Crippen molar-refractivity contribution in [3.05, 3.63) is 58.4 Å². The standard InChI is InChI=1S/C19H23N3O2S/c1-3-4-7-18-20-19(24-21-18)14-22(13-17-6-5-12-25-17)15-8-10-16(23-2)11-9-15/h5-6,8-12H,3-4,7,13-14H2,1-2H3. The van der Waals surface area contributed by atoms with Crippen molar-refractivity contribution in [1.82, 2.24) is 10.1 Å². The molecule has 2 aromatic heterocycles. The number of aryl methyl sites for hydroxylation is 1. The molecule has 0 atom stereocenters. The van der Waals surface area contributed by atoms with Crippen molar-refractivity contribution in [2.45, 2.75) is 39.3 Å². The van der Waals surface area contributed by atoms with Crippen LogP contribution in [0.15, 0.2) is 46.3 Å². The highest BCUT2D eigenvalue weighted by Gasteiger charge is 2.14. The third-order valence-corrected chi connectivity index (χ3v) is 4.82. The molecular weight excluding hydrogens is 334 g/mol. The molecule has 0 aliphatic carbocycles. The Bertz CT molecular complexity index is 753. The molecule has 3 rings (SSSR count). The minimum Gasteiger partial charge on any atom is -0.497 e. The Labute approximate surface area is 152 Å². The van der Waals surface area contributed by atoms with E-state index in [4.69, 9.17) is 9.26 Å². The maximum absolute atomic E-state index is 5.45. The van der Waals surface area contributed by atoms with Crippen LogP contribution in [0.5, 0.6) is 5.75 Å². The van der Waals surface area contributed by atoms with Gasteiger partial charge in [0, 0.05) is 17.0 Å². The summed E-state index contributed by atoms with van der Waals surface area (Å²) in [5, 5.41) is 6.19. The molecular formula is C19H23N3O2S. The summed E-state index contributed by atoms with van der Waals surface area (Å²) in [7, 11) is 1.68. The Morgan fingerprint density at radius 1 is 1.16 bits per heavy atom. The van der Waals surface area contributed by atoms with Gasteiger partial charge in [-0.25, -0.2) is 0 Å². The van der Waals surface area contributed by atoms with Crippen LogP contribution < -0.4 is 9.64 Å². The van der Waals surface area contributed by atoms with Gasteiger partial charge >= 0.3 is 0 Å². The summed E-state index contributed by atoms with van der Waals surface area (Å²) in [5.41, 5.74) is 1.10. The van der Waals surface area contributed by atoms with Crippen LogP contribution in [0.25, 0.3) is 0 Å². The second-order valence-corrected chi connectivity index (χ2v) is 6.87. The van der Waals surface area contributed by atoms with Gasteiger partial charge in [0.2, 0.25) is 5.89 Å². The van der Waals surface area contributed by atoms with Crippen molar-refractivity contribution in [3.8, 4) is 5.75 Å². The zero-order valence-corrected chi connectivity index (χ0v) is 15.5. The maximum Gasteiger partial charge on any atom is 0.246 e. The lowest BCUT2D eigenvalue weighted by atomic mass is 10.2. The Hall–Kier alpha value is -2.34. The molecule has 0 unspecified atom stereocenters. The number of rotatable bonds is 9. The van der Waals surface area contributed by atoms with Crippen molar-refractivity contribution in [1.29, 1.82) is 0 Å². The molecule has 0 fully saturated rings. The molecule has 0 radical (unpaired) electrons. The fourth-order valence-corrected chi connectivity index (χ4v) is 3.30. The zero-order chi connectivity index (χ0) is 17.5. The molecule has 0 saturated carbocycles. The first-order chi connectivity index (χ1) is 12.3. The monoisotopic (exact) mass is 357 g/mol. The first-order valence-electron chi connectivity index (χ1n) is 8.51. The number of benzene rings is 1. The summed E-state index contributed by atoms with van der Waals surface area (Å²) in [6.45, 7) is 3.55. The fraction of sp³-hybridized carbons (Fsp3) is 0.368. The van der Waals surface area contributed by atoms with Gasteiger partial charge in [0.15, 0.2) is 5.82 Å². The lowest BCUT2D eigenvalue weighted by Gasteiger charge is -2.22. The van der Waals surface area contributed by atoms with E-state index in [1.54, 1.807) is 18.4 Å². The summed E-state index contributed by atoms with van der Waals surface area (Å²) in [5.74, 6) is 2.29. The lowest BCUT2D eigenvalue weighted by molar-refractivity contribution is 0.370. The highest BCUT2D eigenvalue weighted by Crippen LogP contribution is 2.24. The van der Waals surface area contributed by atoms with Gasteiger partial charge in [-0.3, -0.25) is 0 Å². The van der Waals surface area contributed by atoms with Crippen LogP contribution in [0.4, 0.5) is 5.69 Å². The quantitative estimate of drug-likeness (QED) is 0.556. The van der Waals surface area contributed by atoms with E-state index < -0.39 is 0 Å². The van der Waals surface area contributed by atoms with Crippen LogP contribution in [-0.4, -0.2) is 17.3 Å². The molecule has 3 aromatic rings. The van der Waals surface area contributed by atoms with E-state index in [2.05, 4.69) is 51.6 Å². The summed E-state index contributed by atoms with van der Waals surface area (Å²) in [6.07, 6.45) is 3.07. The third kappa shape index (κ3) is 4.82. The van der Waals surface area contributed by atoms with E-state index in [1.165, 1.54) is 4.88 Å². The van der Waals surface area contributed by atoms with Gasteiger partial charge in [-0.2, -0.15) is 4.98 Å². The predicted octanol–water partition coefficient (Wildman–Crippen LogP) is 4.69. The fourth-order valence-electron chi connectivity index (χ4n) is 2.58. The molecule has 0 bridgehead atoms. The molecule has 0 spiro atoms. The van der Waals surface area contributed by atoms with Crippen LogP contribution >= 0.6 is 11.3 Å². The molecule has 5 nitrogen and oxygen atoms in total. The van der Waals surface area contributed by atoms with E-state index in [0.29, 0.717) is 12.4 Å². The van der Waals surface area contributed by atoms with Crippen LogP contribution in [-0.2, 0) is 19.5 Å². The van der Waals surface area contributed by atoms with Crippen LogP contribution in [0.1, 0.15) is 36.4 Å².